The molecule has 1 saturated heterocycles. The molecule has 6 heteroatoms. The quantitative estimate of drug-likeness (QED) is 0.731. The van der Waals surface area contributed by atoms with Crippen LogP contribution in [0.4, 0.5) is 5.69 Å². The third-order valence-electron chi connectivity index (χ3n) is 4.72. The van der Waals surface area contributed by atoms with Crippen molar-refractivity contribution in [3.63, 3.8) is 0 Å². The number of carbonyl (C=O) groups excluding carboxylic acids is 2. The molecule has 27 heavy (non-hydrogen) atoms. The topological polar surface area (TPSA) is 65.1 Å². The van der Waals surface area contributed by atoms with E-state index in [0.29, 0.717) is 6.54 Å². The predicted molar refractivity (Wildman–Crippen MR) is 101 cm³/mol. The molecule has 0 radical (unpaired) electrons. The average Bonchev–Trinajstić information content (AvgIpc) is 3.10. The van der Waals surface area contributed by atoms with Crippen LogP contribution in [0.5, 0.6) is 11.5 Å². The zero-order valence-corrected chi connectivity index (χ0v) is 15.7. The number of hydrogen-bond donors (Lipinski definition) is 0. The van der Waals surface area contributed by atoms with Gasteiger partial charge in [0.25, 0.3) is 0 Å². The molecule has 0 N–H and O–H groups in total. The second-order valence-corrected chi connectivity index (χ2v) is 6.46. The van der Waals surface area contributed by atoms with E-state index in [1.165, 1.54) is 0 Å². The maximum Gasteiger partial charge on any atom is 0.311 e. The van der Waals surface area contributed by atoms with Gasteiger partial charge in [0, 0.05) is 18.7 Å². The highest BCUT2D eigenvalue weighted by atomic mass is 16.5. The van der Waals surface area contributed by atoms with Crippen LogP contribution in [0, 0.1) is 5.92 Å². The van der Waals surface area contributed by atoms with Gasteiger partial charge in [-0.05, 0) is 48.9 Å². The number of ether oxygens (including phenoxy) is 3. The highest BCUT2D eigenvalue weighted by Gasteiger charge is 2.36. The Balaban J connectivity index is 1.62. The SMILES string of the molecule is COc1ccc([C@H](C)OC(=O)[C@H]2CC(=O)N(c3ccc(OC)cc3)C2)cc1. The third-order valence-corrected chi connectivity index (χ3v) is 4.72. The molecule has 1 aliphatic rings. The van der Waals surface area contributed by atoms with Crippen LogP contribution in [0.2, 0.25) is 0 Å². The molecule has 2 aromatic carbocycles. The van der Waals surface area contributed by atoms with E-state index in [9.17, 15) is 9.59 Å². The summed E-state index contributed by atoms with van der Waals surface area (Å²) in [6.45, 7) is 2.14. The lowest BCUT2D eigenvalue weighted by Gasteiger charge is -2.18. The largest absolute Gasteiger partial charge is 0.497 e. The van der Waals surface area contributed by atoms with E-state index in [1.54, 1.807) is 31.3 Å². The molecule has 0 bridgehead atoms. The highest BCUT2D eigenvalue weighted by molar-refractivity contribution is 5.99. The minimum atomic E-state index is -0.472. The zero-order valence-electron chi connectivity index (χ0n) is 15.7. The number of anilines is 1. The molecule has 2 atom stereocenters. The van der Waals surface area contributed by atoms with Crippen LogP contribution in [-0.4, -0.2) is 32.6 Å². The Bertz CT molecular complexity index is 800. The first kappa shape index (κ1) is 18.8. The predicted octanol–water partition coefficient (Wildman–Crippen LogP) is 3.36. The lowest BCUT2D eigenvalue weighted by Crippen LogP contribution is -2.26. The lowest BCUT2D eigenvalue weighted by molar-refractivity contribution is -0.153. The van der Waals surface area contributed by atoms with Gasteiger partial charge < -0.3 is 19.1 Å². The van der Waals surface area contributed by atoms with Crippen molar-refractivity contribution in [3.05, 3.63) is 54.1 Å². The molecule has 1 fully saturated rings. The first-order valence-corrected chi connectivity index (χ1v) is 8.80. The maximum absolute atomic E-state index is 12.5. The standard InChI is InChI=1S/C21H23NO5/c1-14(15-4-8-18(25-2)9-5-15)27-21(24)16-12-20(23)22(13-16)17-6-10-19(26-3)11-7-17/h4-11,14,16H,12-13H2,1-3H3/t14-,16-/m0/s1. The molecule has 1 aliphatic heterocycles. The van der Waals surface area contributed by atoms with E-state index in [-0.39, 0.29) is 18.3 Å². The van der Waals surface area contributed by atoms with Crippen LogP contribution < -0.4 is 14.4 Å². The number of methoxy groups -OCH3 is 2. The van der Waals surface area contributed by atoms with Crippen molar-refractivity contribution in [3.8, 4) is 11.5 Å². The van der Waals surface area contributed by atoms with Gasteiger partial charge in [-0.25, -0.2) is 0 Å². The second-order valence-electron chi connectivity index (χ2n) is 6.46. The van der Waals surface area contributed by atoms with Crippen LogP contribution >= 0.6 is 0 Å². The van der Waals surface area contributed by atoms with Crippen molar-refractivity contribution < 1.29 is 23.8 Å². The molecule has 142 valence electrons. The van der Waals surface area contributed by atoms with Crippen molar-refractivity contribution >= 4 is 17.6 Å². The number of amides is 1. The van der Waals surface area contributed by atoms with Crippen LogP contribution in [0.1, 0.15) is 25.0 Å². The summed E-state index contributed by atoms with van der Waals surface area (Å²) in [5, 5.41) is 0. The molecule has 2 aromatic rings. The molecule has 3 rings (SSSR count). The summed E-state index contributed by atoms with van der Waals surface area (Å²) in [5.41, 5.74) is 1.62. The fourth-order valence-electron chi connectivity index (χ4n) is 3.09. The number of benzene rings is 2. The Labute approximate surface area is 158 Å². The molecular weight excluding hydrogens is 346 g/mol. The monoisotopic (exact) mass is 369 g/mol. The summed E-state index contributed by atoms with van der Waals surface area (Å²) < 4.78 is 15.9. The molecular formula is C21H23NO5. The van der Waals surface area contributed by atoms with E-state index in [2.05, 4.69) is 0 Å². The number of hydrogen-bond acceptors (Lipinski definition) is 5. The number of esters is 1. The molecule has 0 saturated carbocycles. The van der Waals surface area contributed by atoms with Gasteiger partial charge in [-0.1, -0.05) is 12.1 Å². The summed E-state index contributed by atoms with van der Waals surface area (Å²) in [6.07, 6.45) is -0.242. The van der Waals surface area contributed by atoms with Crippen molar-refractivity contribution in [2.45, 2.75) is 19.4 Å². The smallest absolute Gasteiger partial charge is 0.311 e. The molecule has 0 unspecified atom stereocenters. The zero-order chi connectivity index (χ0) is 19.4. The molecule has 6 nitrogen and oxygen atoms in total. The van der Waals surface area contributed by atoms with Gasteiger partial charge in [0.05, 0.1) is 20.1 Å². The van der Waals surface area contributed by atoms with Crippen molar-refractivity contribution in [2.75, 3.05) is 25.7 Å². The summed E-state index contributed by atoms with van der Waals surface area (Å²) in [6, 6.07) is 14.6. The Hall–Kier alpha value is -3.02. The van der Waals surface area contributed by atoms with Crippen LogP contribution in [0.3, 0.4) is 0 Å². The number of nitrogens with zero attached hydrogens (tertiary/aromatic N) is 1. The Morgan fingerprint density at radius 1 is 1.00 bits per heavy atom. The normalized spacial score (nSPS) is 17.5. The van der Waals surface area contributed by atoms with Crippen molar-refractivity contribution in [1.82, 2.24) is 0 Å². The summed E-state index contributed by atoms with van der Waals surface area (Å²) in [5.74, 6) is 0.547. The van der Waals surface area contributed by atoms with Crippen LogP contribution in [-0.2, 0) is 14.3 Å². The van der Waals surface area contributed by atoms with Gasteiger partial charge >= 0.3 is 5.97 Å². The van der Waals surface area contributed by atoms with Gasteiger partial charge in [0.15, 0.2) is 0 Å². The third kappa shape index (κ3) is 4.22. The van der Waals surface area contributed by atoms with Gasteiger partial charge in [-0.2, -0.15) is 0 Å². The summed E-state index contributed by atoms with van der Waals surface area (Å²) in [4.78, 5) is 26.5. The molecule has 0 aliphatic carbocycles. The maximum atomic E-state index is 12.5. The van der Waals surface area contributed by atoms with E-state index < -0.39 is 12.0 Å². The van der Waals surface area contributed by atoms with Gasteiger partial charge in [0.2, 0.25) is 5.91 Å². The van der Waals surface area contributed by atoms with Crippen molar-refractivity contribution in [2.24, 2.45) is 5.92 Å². The first-order valence-electron chi connectivity index (χ1n) is 8.80. The van der Waals surface area contributed by atoms with E-state index in [1.807, 2.05) is 43.3 Å². The Kier molecular flexibility index (Phi) is 5.64. The minimum Gasteiger partial charge on any atom is -0.497 e. The Morgan fingerprint density at radius 2 is 1.56 bits per heavy atom. The Morgan fingerprint density at radius 3 is 2.11 bits per heavy atom. The van der Waals surface area contributed by atoms with E-state index in [0.717, 1.165) is 22.7 Å². The van der Waals surface area contributed by atoms with Crippen molar-refractivity contribution in [1.29, 1.82) is 0 Å². The molecule has 0 aromatic heterocycles. The summed E-state index contributed by atoms with van der Waals surface area (Å²) >= 11 is 0. The average molecular weight is 369 g/mol. The van der Waals surface area contributed by atoms with E-state index in [4.69, 9.17) is 14.2 Å². The lowest BCUT2D eigenvalue weighted by atomic mass is 10.1. The second kappa shape index (κ2) is 8.12. The molecule has 1 amide bonds. The first-order chi connectivity index (χ1) is 13.0. The number of carbonyl (C=O) groups is 2. The molecule has 0 spiro atoms. The molecule has 1 heterocycles. The van der Waals surface area contributed by atoms with Gasteiger partial charge in [-0.3, -0.25) is 9.59 Å². The fraction of sp³-hybridized carbons (Fsp3) is 0.333. The fourth-order valence-corrected chi connectivity index (χ4v) is 3.09. The van der Waals surface area contributed by atoms with Gasteiger partial charge in [-0.15, -0.1) is 0 Å². The minimum absolute atomic E-state index is 0.0841. The van der Waals surface area contributed by atoms with Gasteiger partial charge in [0.1, 0.15) is 17.6 Å². The highest BCUT2D eigenvalue weighted by Crippen LogP contribution is 2.29. The van der Waals surface area contributed by atoms with Crippen LogP contribution in [0.15, 0.2) is 48.5 Å². The van der Waals surface area contributed by atoms with Crippen LogP contribution in [0.25, 0.3) is 0 Å². The number of rotatable bonds is 6. The van der Waals surface area contributed by atoms with E-state index >= 15 is 0 Å². The summed E-state index contributed by atoms with van der Waals surface area (Å²) in [7, 11) is 3.19.